The van der Waals surface area contributed by atoms with Crippen LogP contribution in [0.4, 0.5) is 0 Å². The van der Waals surface area contributed by atoms with Gasteiger partial charge in [0.2, 0.25) is 5.24 Å². The van der Waals surface area contributed by atoms with Crippen LogP contribution in [0.15, 0.2) is 18.2 Å². The minimum atomic E-state index is -0.264. The Morgan fingerprint density at radius 1 is 1.38 bits per heavy atom. The molecule has 1 aromatic carbocycles. The van der Waals surface area contributed by atoms with Crippen LogP contribution in [0.5, 0.6) is 0 Å². The number of carbonyl (C=O) groups excluding carboxylic acids is 1. The molecule has 0 bridgehead atoms. The molecule has 0 fully saturated rings. The van der Waals surface area contributed by atoms with Crippen LogP contribution >= 0.6 is 11.6 Å². The van der Waals surface area contributed by atoms with Crippen LogP contribution < -0.4 is 0 Å². The Morgan fingerprint density at radius 3 is 2.62 bits per heavy atom. The predicted molar refractivity (Wildman–Crippen MR) is 55.1 cm³/mol. The molecule has 0 atom stereocenters. The molecule has 0 aliphatic heterocycles. The van der Waals surface area contributed by atoms with Gasteiger partial charge in [0.05, 0.1) is 0 Å². The summed E-state index contributed by atoms with van der Waals surface area (Å²) < 4.78 is 0. The second kappa shape index (κ2) is 4.43. The van der Waals surface area contributed by atoms with Gasteiger partial charge in [0.1, 0.15) is 0 Å². The summed E-state index contributed by atoms with van der Waals surface area (Å²) in [7, 11) is 0. The quantitative estimate of drug-likeness (QED) is 0.680. The van der Waals surface area contributed by atoms with Gasteiger partial charge >= 0.3 is 0 Å². The molecule has 70 valence electrons. The smallest absolute Gasteiger partial charge is 0.221 e. The maximum absolute atomic E-state index is 10.6. The summed E-state index contributed by atoms with van der Waals surface area (Å²) in [4.78, 5) is 10.6. The third kappa shape index (κ3) is 3.19. The average Bonchev–Trinajstić information content (AvgIpc) is 2.02. The van der Waals surface area contributed by atoms with E-state index in [1.807, 2.05) is 0 Å². The number of hydrogen-bond donors (Lipinski definition) is 0. The van der Waals surface area contributed by atoms with Crippen LogP contribution in [0, 0.1) is 13.8 Å². The van der Waals surface area contributed by atoms with Crippen molar-refractivity contribution in [2.24, 2.45) is 0 Å². The van der Waals surface area contributed by atoms with E-state index in [9.17, 15) is 4.79 Å². The number of rotatable bonds is 3. The van der Waals surface area contributed by atoms with E-state index in [0.29, 0.717) is 6.42 Å². The summed E-state index contributed by atoms with van der Waals surface area (Å²) in [5.41, 5.74) is 3.69. The molecular weight excluding hydrogens is 184 g/mol. The van der Waals surface area contributed by atoms with Gasteiger partial charge in [0, 0.05) is 6.42 Å². The summed E-state index contributed by atoms with van der Waals surface area (Å²) in [5.74, 6) is 0. The molecule has 0 saturated heterocycles. The lowest BCUT2D eigenvalue weighted by Crippen LogP contribution is -1.94. The van der Waals surface area contributed by atoms with Crippen LogP contribution in [0.3, 0.4) is 0 Å². The van der Waals surface area contributed by atoms with Crippen molar-refractivity contribution >= 4 is 16.8 Å². The molecule has 0 heterocycles. The molecule has 1 rings (SSSR count). The van der Waals surface area contributed by atoms with Gasteiger partial charge in [-0.25, -0.2) is 0 Å². The fourth-order valence-electron chi connectivity index (χ4n) is 1.36. The SMILES string of the molecule is Cc1ccc(CCC(=O)Cl)c(C)c1. The highest BCUT2D eigenvalue weighted by molar-refractivity contribution is 6.63. The van der Waals surface area contributed by atoms with E-state index in [4.69, 9.17) is 11.6 Å². The lowest BCUT2D eigenvalue weighted by molar-refractivity contribution is -0.111. The molecule has 0 N–H and O–H groups in total. The lowest BCUT2D eigenvalue weighted by Gasteiger charge is -2.04. The highest BCUT2D eigenvalue weighted by Gasteiger charge is 2.01. The van der Waals surface area contributed by atoms with E-state index in [2.05, 4.69) is 32.0 Å². The van der Waals surface area contributed by atoms with Crippen LogP contribution in [-0.4, -0.2) is 5.24 Å². The van der Waals surface area contributed by atoms with E-state index in [1.165, 1.54) is 16.7 Å². The molecule has 1 nitrogen and oxygen atoms in total. The summed E-state index contributed by atoms with van der Waals surface area (Å²) in [6, 6.07) is 6.24. The van der Waals surface area contributed by atoms with Gasteiger partial charge in [-0.2, -0.15) is 0 Å². The molecule has 0 saturated carbocycles. The summed E-state index contributed by atoms with van der Waals surface area (Å²) >= 11 is 5.27. The zero-order chi connectivity index (χ0) is 9.84. The summed E-state index contributed by atoms with van der Waals surface area (Å²) in [6.45, 7) is 4.12. The topological polar surface area (TPSA) is 17.1 Å². The van der Waals surface area contributed by atoms with Crippen molar-refractivity contribution in [3.8, 4) is 0 Å². The van der Waals surface area contributed by atoms with Gasteiger partial charge in [-0.1, -0.05) is 23.8 Å². The molecule has 0 spiro atoms. The molecular formula is C11H13ClO. The van der Waals surface area contributed by atoms with Gasteiger partial charge in [0.25, 0.3) is 0 Å². The molecule has 0 aromatic heterocycles. The van der Waals surface area contributed by atoms with Crippen molar-refractivity contribution in [2.75, 3.05) is 0 Å². The first-order valence-corrected chi connectivity index (χ1v) is 4.72. The molecule has 1 aromatic rings. The Bertz CT molecular complexity index is 318. The Balaban J connectivity index is 2.72. The van der Waals surface area contributed by atoms with Crippen LogP contribution in [0.1, 0.15) is 23.1 Å². The molecule has 0 radical (unpaired) electrons. The Hall–Kier alpha value is -0.820. The maximum atomic E-state index is 10.6. The number of aryl methyl sites for hydroxylation is 3. The second-order valence-corrected chi connectivity index (χ2v) is 3.71. The Morgan fingerprint density at radius 2 is 2.08 bits per heavy atom. The first kappa shape index (κ1) is 10.3. The minimum absolute atomic E-state index is 0.264. The zero-order valence-corrected chi connectivity index (χ0v) is 8.69. The van der Waals surface area contributed by atoms with Crippen LogP contribution in [0.2, 0.25) is 0 Å². The highest BCUT2D eigenvalue weighted by atomic mass is 35.5. The van der Waals surface area contributed by atoms with E-state index < -0.39 is 0 Å². The van der Waals surface area contributed by atoms with Crippen LogP contribution in [0.25, 0.3) is 0 Å². The van der Waals surface area contributed by atoms with Crippen molar-refractivity contribution in [3.05, 3.63) is 34.9 Å². The first-order valence-electron chi connectivity index (χ1n) is 4.34. The van der Waals surface area contributed by atoms with Crippen molar-refractivity contribution < 1.29 is 4.79 Å². The van der Waals surface area contributed by atoms with Gasteiger partial charge in [-0.05, 0) is 43.0 Å². The zero-order valence-electron chi connectivity index (χ0n) is 7.93. The van der Waals surface area contributed by atoms with Gasteiger partial charge in [-0.3, -0.25) is 4.79 Å². The number of carbonyl (C=O) groups is 1. The third-order valence-corrected chi connectivity index (χ3v) is 2.28. The summed E-state index contributed by atoms with van der Waals surface area (Å²) in [5, 5.41) is -0.264. The Kier molecular flexibility index (Phi) is 3.49. The van der Waals surface area contributed by atoms with E-state index >= 15 is 0 Å². The molecule has 0 aliphatic rings. The molecule has 0 aliphatic carbocycles. The first-order chi connectivity index (χ1) is 6.09. The lowest BCUT2D eigenvalue weighted by atomic mass is 10.0. The van der Waals surface area contributed by atoms with E-state index in [1.54, 1.807) is 0 Å². The van der Waals surface area contributed by atoms with Crippen molar-refractivity contribution in [3.63, 3.8) is 0 Å². The van der Waals surface area contributed by atoms with Crippen LogP contribution in [-0.2, 0) is 11.2 Å². The van der Waals surface area contributed by atoms with E-state index in [0.717, 1.165) is 6.42 Å². The van der Waals surface area contributed by atoms with E-state index in [-0.39, 0.29) is 5.24 Å². The number of halogens is 1. The van der Waals surface area contributed by atoms with Crippen molar-refractivity contribution in [1.82, 2.24) is 0 Å². The number of benzene rings is 1. The predicted octanol–water partition coefficient (Wildman–Crippen LogP) is 3.00. The molecule has 0 amide bonds. The van der Waals surface area contributed by atoms with Gasteiger partial charge < -0.3 is 0 Å². The maximum Gasteiger partial charge on any atom is 0.221 e. The molecule has 13 heavy (non-hydrogen) atoms. The second-order valence-electron chi connectivity index (χ2n) is 3.29. The third-order valence-electron chi connectivity index (χ3n) is 2.09. The largest absolute Gasteiger partial charge is 0.281 e. The fourth-order valence-corrected chi connectivity index (χ4v) is 1.45. The highest BCUT2D eigenvalue weighted by Crippen LogP contribution is 2.12. The van der Waals surface area contributed by atoms with Gasteiger partial charge in [0.15, 0.2) is 0 Å². The number of hydrogen-bond acceptors (Lipinski definition) is 1. The summed E-state index contributed by atoms with van der Waals surface area (Å²) in [6.07, 6.45) is 1.17. The van der Waals surface area contributed by atoms with Crippen molar-refractivity contribution in [1.29, 1.82) is 0 Å². The Labute approximate surface area is 83.7 Å². The average molecular weight is 197 g/mol. The van der Waals surface area contributed by atoms with Crippen molar-refractivity contribution in [2.45, 2.75) is 26.7 Å². The van der Waals surface area contributed by atoms with Gasteiger partial charge in [-0.15, -0.1) is 0 Å². The minimum Gasteiger partial charge on any atom is -0.281 e. The fraction of sp³-hybridized carbons (Fsp3) is 0.364. The molecule has 0 unspecified atom stereocenters. The monoisotopic (exact) mass is 196 g/mol. The molecule has 2 heteroatoms. The standard InChI is InChI=1S/C11H13ClO/c1-8-3-4-10(9(2)7-8)5-6-11(12)13/h3-4,7H,5-6H2,1-2H3. The normalized spacial score (nSPS) is 10.1.